The Morgan fingerprint density at radius 3 is 2.95 bits per heavy atom. The molecule has 1 atom stereocenters. The van der Waals surface area contributed by atoms with E-state index >= 15 is 0 Å². The van der Waals surface area contributed by atoms with Crippen LogP contribution in [0.5, 0.6) is 0 Å². The van der Waals surface area contributed by atoms with E-state index in [0.717, 1.165) is 23.6 Å². The molecule has 7 heteroatoms. The Labute approximate surface area is 141 Å². The van der Waals surface area contributed by atoms with Gasteiger partial charge in [-0.2, -0.15) is 23.5 Å². The van der Waals surface area contributed by atoms with Crippen LogP contribution >= 0.6 is 46.7 Å². The van der Waals surface area contributed by atoms with E-state index in [1.54, 1.807) is 6.07 Å². The molecule has 0 bridgehead atoms. The molecule has 0 N–H and O–H groups in total. The van der Waals surface area contributed by atoms with Crippen LogP contribution in [0.15, 0.2) is 12.1 Å². The third kappa shape index (κ3) is 3.46. The molecule has 1 aliphatic heterocycles. The van der Waals surface area contributed by atoms with Crippen molar-refractivity contribution in [1.29, 1.82) is 0 Å². The molecule has 1 aromatic carbocycles. The number of imidazole rings is 1. The van der Waals surface area contributed by atoms with E-state index in [0.29, 0.717) is 23.1 Å². The Balaban J connectivity index is 2.00. The molecule has 0 saturated carbocycles. The predicted molar refractivity (Wildman–Crippen MR) is 92.7 cm³/mol. The molecular formula is C14H15Cl2FN2S2. The van der Waals surface area contributed by atoms with Gasteiger partial charge in [0, 0.05) is 47.4 Å². The number of fused-ring (bicyclic) bond motifs is 1. The number of rotatable bonds is 4. The van der Waals surface area contributed by atoms with E-state index in [4.69, 9.17) is 23.2 Å². The van der Waals surface area contributed by atoms with Crippen LogP contribution < -0.4 is 0 Å². The third-order valence-corrected chi connectivity index (χ3v) is 6.76. The van der Waals surface area contributed by atoms with E-state index in [1.165, 1.54) is 17.6 Å². The first-order valence-corrected chi connectivity index (χ1v) is 9.90. The van der Waals surface area contributed by atoms with Crippen LogP contribution in [0.25, 0.3) is 11.0 Å². The van der Waals surface area contributed by atoms with Gasteiger partial charge in [-0.05, 0) is 6.07 Å². The Hall–Kier alpha value is -0.100. The number of aromatic nitrogens is 2. The van der Waals surface area contributed by atoms with Crippen molar-refractivity contribution < 1.29 is 4.39 Å². The molecule has 0 aliphatic carbocycles. The maximum absolute atomic E-state index is 13.6. The summed E-state index contributed by atoms with van der Waals surface area (Å²) in [7, 11) is 0. The van der Waals surface area contributed by atoms with E-state index in [-0.39, 0.29) is 5.02 Å². The average molecular weight is 365 g/mol. The molecule has 2 heterocycles. The van der Waals surface area contributed by atoms with Crippen molar-refractivity contribution in [1.82, 2.24) is 9.55 Å². The zero-order valence-electron chi connectivity index (χ0n) is 11.3. The number of aryl methyl sites for hydroxylation is 1. The molecule has 1 unspecified atom stereocenters. The van der Waals surface area contributed by atoms with Crippen LogP contribution in [-0.2, 0) is 13.0 Å². The molecule has 0 amide bonds. The standard InChI is InChI=1S/C14H15Cl2FN2S2/c15-2-1-14-18-12-6-11(17)10(16)5-13(12)19(14)7-9-8-20-3-4-21-9/h5-6,9H,1-4,7-8H2. The lowest BCUT2D eigenvalue weighted by molar-refractivity contribution is 0.629. The lowest BCUT2D eigenvalue weighted by atomic mass is 10.3. The highest BCUT2D eigenvalue weighted by Crippen LogP contribution is 2.29. The molecule has 0 radical (unpaired) electrons. The van der Waals surface area contributed by atoms with E-state index in [9.17, 15) is 4.39 Å². The highest BCUT2D eigenvalue weighted by molar-refractivity contribution is 8.06. The minimum atomic E-state index is -0.422. The molecule has 1 fully saturated rings. The second-order valence-corrected chi connectivity index (χ2v) is 8.24. The molecule has 21 heavy (non-hydrogen) atoms. The zero-order chi connectivity index (χ0) is 14.8. The number of alkyl halides is 1. The topological polar surface area (TPSA) is 17.8 Å². The third-order valence-electron chi connectivity index (χ3n) is 3.46. The summed E-state index contributed by atoms with van der Waals surface area (Å²) >= 11 is 15.8. The Bertz CT molecular complexity index is 641. The van der Waals surface area contributed by atoms with Crippen molar-refractivity contribution in [2.45, 2.75) is 18.2 Å². The van der Waals surface area contributed by atoms with Crippen molar-refractivity contribution in [3.63, 3.8) is 0 Å². The van der Waals surface area contributed by atoms with Gasteiger partial charge in [-0.3, -0.25) is 0 Å². The average Bonchev–Trinajstić information content (AvgIpc) is 2.79. The van der Waals surface area contributed by atoms with Crippen molar-refractivity contribution in [3.8, 4) is 0 Å². The summed E-state index contributed by atoms with van der Waals surface area (Å²) in [5.41, 5.74) is 1.56. The lowest BCUT2D eigenvalue weighted by Gasteiger charge is -2.22. The highest BCUT2D eigenvalue weighted by Gasteiger charge is 2.19. The van der Waals surface area contributed by atoms with Gasteiger partial charge in [-0.15, -0.1) is 11.6 Å². The summed E-state index contributed by atoms with van der Waals surface area (Å²) in [5, 5.41) is 0.700. The first-order valence-electron chi connectivity index (χ1n) is 6.78. The van der Waals surface area contributed by atoms with Crippen LogP contribution in [0.1, 0.15) is 5.82 Å². The molecule has 2 aromatic rings. The van der Waals surface area contributed by atoms with Gasteiger partial charge in [0.25, 0.3) is 0 Å². The largest absolute Gasteiger partial charge is 0.327 e. The van der Waals surface area contributed by atoms with Crippen LogP contribution in [0.2, 0.25) is 5.02 Å². The molecule has 3 rings (SSSR count). The maximum Gasteiger partial charge on any atom is 0.144 e. The number of halogens is 3. The van der Waals surface area contributed by atoms with Gasteiger partial charge in [0.15, 0.2) is 0 Å². The minimum absolute atomic E-state index is 0.145. The molecule has 1 saturated heterocycles. The SMILES string of the molecule is Fc1cc2nc(CCCl)n(CC3CSCCS3)c2cc1Cl. The summed E-state index contributed by atoms with van der Waals surface area (Å²) in [4.78, 5) is 4.53. The van der Waals surface area contributed by atoms with E-state index in [2.05, 4.69) is 9.55 Å². The minimum Gasteiger partial charge on any atom is -0.327 e. The lowest BCUT2D eigenvalue weighted by Crippen LogP contribution is -2.21. The van der Waals surface area contributed by atoms with Crippen molar-refractivity contribution >= 4 is 57.8 Å². The van der Waals surface area contributed by atoms with Gasteiger partial charge in [-0.25, -0.2) is 9.37 Å². The molecular weight excluding hydrogens is 350 g/mol. The first-order chi connectivity index (χ1) is 10.2. The smallest absolute Gasteiger partial charge is 0.144 e. The number of thioether (sulfide) groups is 2. The van der Waals surface area contributed by atoms with Gasteiger partial charge < -0.3 is 4.57 Å². The highest BCUT2D eigenvalue weighted by atomic mass is 35.5. The van der Waals surface area contributed by atoms with Crippen molar-refractivity contribution in [3.05, 3.63) is 28.8 Å². The maximum atomic E-state index is 13.6. The summed E-state index contributed by atoms with van der Waals surface area (Å²) in [5.74, 6) is 4.54. The number of hydrogen-bond donors (Lipinski definition) is 0. The van der Waals surface area contributed by atoms with Gasteiger partial charge in [0.2, 0.25) is 0 Å². The van der Waals surface area contributed by atoms with Gasteiger partial charge in [0.05, 0.1) is 16.1 Å². The normalized spacial score (nSPS) is 19.3. The monoisotopic (exact) mass is 364 g/mol. The second-order valence-electron chi connectivity index (χ2n) is 4.90. The van der Waals surface area contributed by atoms with Crippen LogP contribution in [0, 0.1) is 5.82 Å². The molecule has 2 nitrogen and oxygen atoms in total. The van der Waals surface area contributed by atoms with Crippen molar-refractivity contribution in [2.24, 2.45) is 0 Å². The van der Waals surface area contributed by atoms with E-state index in [1.807, 2.05) is 23.5 Å². The molecule has 114 valence electrons. The summed E-state index contributed by atoms with van der Waals surface area (Å²) in [6.45, 7) is 0.877. The van der Waals surface area contributed by atoms with Gasteiger partial charge >= 0.3 is 0 Å². The summed E-state index contributed by atoms with van der Waals surface area (Å²) in [6.07, 6.45) is 0.681. The van der Waals surface area contributed by atoms with Gasteiger partial charge in [-0.1, -0.05) is 11.6 Å². The fourth-order valence-corrected chi connectivity index (χ4v) is 5.47. The molecule has 0 spiro atoms. The van der Waals surface area contributed by atoms with Gasteiger partial charge in [0.1, 0.15) is 11.6 Å². The summed E-state index contributed by atoms with van der Waals surface area (Å²) < 4.78 is 15.8. The fourth-order valence-electron chi connectivity index (χ4n) is 2.49. The van der Waals surface area contributed by atoms with Crippen molar-refractivity contribution in [2.75, 3.05) is 23.1 Å². The number of hydrogen-bond acceptors (Lipinski definition) is 3. The molecule has 1 aromatic heterocycles. The van der Waals surface area contributed by atoms with Crippen LogP contribution in [0.4, 0.5) is 4.39 Å². The number of benzene rings is 1. The second kappa shape index (κ2) is 6.99. The number of nitrogens with zero attached hydrogens (tertiary/aromatic N) is 2. The Morgan fingerprint density at radius 2 is 2.24 bits per heavy atom. The predicted octanol–water partition coefficient (Wildman–Crippen LogP) is 4.46. The Kier molecular flexibility index (Phi) is 5.25. The first kappa shape index (κ1) is 15.8. The van der Waals surface area contributed by atoms with Crippen LogP contribution in [0.3, 0.4) is 0 Å². The summed E-state index contributed by atoms with van der Waals surface area (Å²) in [6, 6.07) is 3.09. The Morgan fingerprint density at radius 1 is 1.38 bits per heavy atom. The fraction of sp³-hybridized carbons (Fsp3) is 0.500. The molecule has 1 aliphatic rings. The van der Waals surface area contributed by atoms with Crippen LogP contribution in [-0.4, -0.2) is 37.9 Å². The zero-order valence-corrected chi connectivity index (χ0v) is 14.5. The quantitative estimate of drug-likeness (QED) is 0.745. The van der Waals surface area contributed by atoms with E-state index < -0.39 is 5.82 Å².